The first-order chi connectivity index (χ1) is 8.43. The molecule has 0 aliphatic rings. The van der Waals surface area contributed by atoms with Crippen LogP contribution in [0.15, 0.2) is 18.5 Å². The van der Waals surface area contributed by atoms with Crippen LogP contribution in [0.25, 0.3) is 11.4 Å². The number of aliphatic carboxylic acids is 1. The molecule has 94 valence electrons. The number of carboxylic acids is 1. The van der Waals surface area contributed by atoms with Crippen LogP contribution in [-0.2, 0) is 10.3 Å². The molecular weight excluding hydrogens is 241 g/mol. The number of carbonyl (C=O) groups is 1. The zero-order valence-corrected chi connectivity index (χ0v) is 9.70. The summed E-state index contributed by atoms with van der Waals surface area (Å²) in [7, 11) is 0. The van der Waals surface area contributed by atoms with Crippen LogP contribution < -0.4 is 0 Å². The Labute approximate surface area is 101 Å². The number of halogens is 1. The van der Waals surface area contributed by atoms with Crippen molar-refractivity contribution in [3.05, 3.63) is 24.3 Å². The molecule has 7 nitrogen and oxygen atoms in total. The number of tetrazole rings is 1. The maximum absolute atomic E-state index is 13.1. The molecule has 0 unspecified atom stereocenters. The second-order valence-corrected chi connectivity index (χ2v) is 4.17. The molecule has 0 amide bonds. The van der Waals surface area contributed by atoms with Gasteiger partial charge in [-0.05, 0) is 30.3 Å². The van der Waals surface area contributed by atoms with Gasteiger partial charge in [-0.3, -0.25) is 4.98 Å². The molecule has 2 aromatic heterocycles. The Morgan fingerprint density at radius 1 is 1.44 bits per heavy atom. The summed E-state index contributed by atoms with van der Waals surface area (Å²) in [5, 5.41) is 19.9. The van der Waals surface area contributed by atoms with Gasteiger partial charge in [0.1, 0.15) is 5.82 Å². The minimum absolute atomic E-state index is 0.148. The summed E-state index contributed by atoms with van der Waals surface area (Å²) < 4.78 is 14.2. The molecule has 0 saturated carbocycles. The number of pyridine rings is 1. The average Bonchev–Trinajstić information content (AvgIpc) is 2.78. The maximum atomic E-state index is 13.1. The third-order valence-electron chi connectivity index (χ3n) is 2.49. The fourth-order valence-electron chi connectivity index (χ4n) is 1.37. The second-order valence-electron chi connectivity index (χ2n) is 4.17. The van der Waals surface area contributed by atoms with Gasteiger partial charge < -0.3 is 5.11 Å². The van der Waals surface area contributed by atoms with Crippen LogP contribution in [0.5, 0.6) is 0 Å². The molecule has 0 fully saturated rings. The zero-order chi connectivity index (χ0) is 13.3. The SMILES string of the molecule is CC(C)(C(=O)O)n1nnnc1-c1cncc(F)c1. The molecule has 0 saturated heterocycles. The molecule has 0 aromatic carbocycles. The Morgan fingerprint density at radius 3 is 2.78 bits per heavy atom. The number of hydrogen-bond donors (Lipinski definition) is 1. The smallest absolute Gasteiger partial charge is 0.331 e. The van der Waals surface area contributed by atoms with Crippen molar-refractivity contribution >= 4 is 5.97 Å². The Hall–Kier alpha value is -2.38. The lowest BCUT2D eigenvalue weighted by Gasteiger charge is -2.20. The van der Waals surface area contributed by atoms with Crippen molar-refractivity contribution in [3.8, 4) is 11.4 Å². The van der Waals surface area contributed by atoms with Crippen molar-refractivity contribution in [3.63, 3.8) is 0 Å². The van der Waals surface area contributed by atoms with Gasteiger partial charge in [-0.25, -0.2) is 13.9 Å². The van der Waals surface area contributed by atoms with Crippen molar-refractivity contribution in [2.75, 3.05) is 0 Å². The minimum atomic E-state index is -1.34. The molecule has 0 aliphatic heterocycles. The summed E-state index contributed by atoms with van der Waals surface area (Å²) in [5.41, 5.74) is -1.03. The number of aromatic nitrogens is 5. The van der Waals surface area contributed by atoms with Gasteiger partial charge in [-0.15, -0.1) is 5.10 Å². The van der Waals surface area contributed by atoms with Crippen LogP contribution in [0.4, 0.5) is 4.39 Å². The van der Waals surface area contributed by atoms with E-state index < -0.39 is 17.3 Å². The van der Waals surface area contributed by atoms with Crippen LogP contribution >= 0.6 is 0 Å². The normalized spacial score (nSPS) is 11.5. The molecule has 0 spiro atoms. The van der Waals surface area contributed by atoms with Gasteiger partial charge in [0, 0.05) is 11.8 Å². The summed E-state index contributed by atoms with van der Waals surface area (Å²) in [6.45, 7) is 2.89. The van der Waals surface area contributed by atoms with Crippen LogP contribution in [0.1, 0.15) is 13.8 Å². The summed E-state index contributed by atoms with van der Waals surface area (Å²) in [5.74, 6) is -1.50. The first-order valence-electron chi connectivity index (χ1n) is 5.06. The maximum Gasteiger partial charge on any atom is 0.331 e. The van der Waals surface area contributed by atoms with Crippen molar-refractivity contribution in [2.45, 2.75) is 19.4 Å². The highest BCUT2D eigenvalue weighted by Crippen LogP contribution is 2.22. The Bertz CT molecular complexity index is 595. The van der Waals surface area contributed by atoms with E-state index in [0.717, 1.165) is 10.9 Å². The number of nitrogens with zero attached hydrogens (tertiary/aromatic N) is 5. The van der Waals surface area contributed by atoms with E-state index >= 15 is 0 Å². The number of hydrogen-bond acceptors (Lipinski definition) is 5. The van der Waals surface area contributed by atoms with E-state index in [1.54, 1.807) is 0 Å². The third kappa shape index (κ3) is 1.92. The van der Waals surface area contributed by atoms with Gasteiger partial charge in [-0.2, -0.15) is 0 Å². The summed E-state index contributed by atoms with van der Waals surface area (Å²) in [6, 6.07) is 1.19. The lowest BCUT2D eigenvalue weighted by molar-refractivity contribution is -0.146. The highest BCUT2D eigenvalue weighted by atomic mass is 19.1. The molecule has 1 N–H and O–H groups in total. The predicted molar refractivity (Wildman–Crippen MR) is 58.0 cm³/mol. The summed E-state index contributed by atoms with van der Waals surface area (Å²) in [4.78, 5) is 14.8. The van der Waals surface area contributed by atoms with E-state index in [1.807, 2.05) is 0 Å². The molecule has 0 aliphatic carbocycles. The van der Waals surface area contributed by atoms with Gasteiger partial charge in [0.2, 0.25) is 0 Å². The molecule has 8 heteroatoms. The molecule has 2 rings (SSSR count). The topological polar surface area (TPSA) is 93.8 Å². The van der Waals surface area contributed by atoms with E-state index in [4.69, 9.17) is 5.11 Å². The molecule has 2 heterocycles. The van der Waals surface area contributed by atoms with Crippen LogP contribution in [0.3, 0.4) is 0 Å². The number of carboxylic acid groups (broad SMARTS) is 1. The van der Waals surface area contributed by atoms with E-state index in [9.17, 15) is 9.18 Å². The molecule has 0 radical (unpaired) electrons. The standard InChI is InChI=1S/C10H10FN5O2/c1-10(2,9(17)18)16-8(13-14-15-16)6-3-7(11)5-12-4-6/h3-5H,1-2H3,(H,17,18). The summed E-state index contributed by atoms with van der Waals surface area (Å²) in [6.07, 6.45) is 2.41. The Kier molecular flexibility index (Phi) is 2.77. The first kappa shape index (κ1) is 12.1. The molecular formula is C10H10FN5O2. The van der Waals surface area contributed by atoms with E-state index in [2.05, 4.69) is 20.5 Å². The largest absolute Gasteiger partial charge is 0.479 e. The molecule has 18 heavy (non-hydrogen) atoms. The van der Waals surface area contributed by atoms with E-state index in [1.165, 1.54) is 26.1 Å². The third-order valence-corrected chi connectivity index (χ3v) is 2.49. The lowest BCUT2D eigenvalue weighted by atomic mass is 10.1. The van der Waals surface area contributed by atoms with Gasteiger partial charge in [0.05, 0.1) is 6.20 Å². The van der Waals surface area contributed by atoms with E-state index in [-0.39, 0.29) is 5.82 Å². The van der Waals surface area contributed by atoms with Crippen LogP contribution in [0.2, 0.25) is 0 Å². The second kappa shape index (κ2) is 4.13. The highest BCUT2D eigenvalue weighted by molar-refractivity contribution is 5.76. The fraction of sp³-hybridized carbons (Fsp3) is 0.300. The van der Waals surface area contributed by atoms with Crippen molar-refractivity contribution < 1.29 is 14.3 Å². The van der Waals surface area contributed by atoms with Gasteiger partial charge in [0.25, 0.3) is 0 Å². The van der Waals surface area contributed by atoms with Crippen molar-refractivity contribution in [1.82, 2.24) is 25.2 Å². The van der Waals surface area contributed by atoms with E-state index in [0.29, 0.717) is 5.56 Å². The molecule has 0 atom stereocenters. The Morgan fingerprint density at radius 2 is 2.17 bits per heavy atom. The van der Waals surface area contributed by atoms with Crippen LogP contribution in [-0.4, -0.2) is 36.3 Å². The van der Waals surface area contributed by atoms with Gasteiger partial charge >= 0.3 is 5.97 Å². The zero-order valence-electron chi connectivity index (χ0n) is 9.70. The minimum Gasteiger partial charge on any atom is -0.479 e. The fourth-order valence-corrected chi connectivity index (χ4v) is 1.37. The van der Waals surface area contributed by atoms with Crippen molar-refractivity contribution in [2.24, 2.45) is 0 Å². The first-order valence-corrected chi connectivity index (χ1v) is 5.06. The van der Waals surface area contributed by atoms with Crippen LogP contribution in [0, 0.1) is 5.82 Å². The van der Waals surface area contributed by atoms with Crippen molar-refractivity contribution in [1.29, 1.82) is 0 Å². The quantitative estimate of drug-likeness (QED) is 0.862. The molecule has 2 aromatic rings. The molecule has 0 bridgehead atoms. The lowest BCUT2D eigenvalue weighted by Crippen LogP contribution is -2.37. The highest BCUT2D eigenvalue weighted by Gasteiger charge is 2.33. The monoisotopic (exact) mass is 251 g/mol. The Balaban J connectivity index is 2.55. The predicted octanol–water partition coefficient (Wildman–Crippen LogP) is 0.694. The summed E-state index contributed by atoms with van der Waals surface area (Å²) >= 11 is 0. The number of rotatable bonds is 3. The van der Waals surface area contributed by atoms with Gasteiger partial charge in [0.15, 0.2) is 11.4 Å². The average molecular weight is 251 g/mol. The van der Waals surface area contributed by atoms with Gasteiger partial charge in [-0.1, -0.05) is 0 Å².